The van der Waals surface area contributed by atoms with Crippen LogP contribution in [0.2, 0.25) is 5.15 Å². The molecule has 0 aliphatic carbocycles. The van der Waals surface area contributed by atoms with E-state index in [1.165, 1.54) is 5.69 Å². The third-order valence-electron chi connectivity index (χ3n) is 3.58. The molecule has 0 fully saturated rings. The van der Waals surface area contributed by atoms with Gasteiger partial charge in [0.05, 0.1) is 17.9 Å². The highest BCUT2D eigenvalue weighted by atomic mass is 35.5. The fourth-order valence-electron chi connectivity index (χ4n) is 2.37. The SMILES string of the molecule is Cc1nn(C)c(Cl)c1Cn1c(CNCC(C)C)cnc1C. The molecule has 116 valence electrons. The zero-order valence-corrected chi connectivity index (χ0v) is 14.2. The summed E-state index contributed by atoms with van der Waals surface area (Å²) in [5.74, 6) is 1.63. The molecule has 0 atom stereocenters. The summed E-state index contributed by atoms with van der Waals surface area (Å²) >= 11 is 6.33. The third kappa shape index (κ3) is 3.66. The highest BCUT2D eigenvalue weighted by Gasteiger charge is 2.15. The van der Waals surface area contributed by atoms with Gasteiger partial charge in [-0.2, -0.15) is 5.10 Å². The molecular weight excluding hydrogens is 286 g/mol. The molecular formula is C15H24ClN5. The number of aromatic nitrogens is 4. The van der Waals surface area contributed by atoms with Gasteiger partial charge < -0.3 is 9.88 Å². The number of rotatable bonds is 6. The predicted molar refractivity (Wildman–Crippen MR) is 85.6 cm³/mol. The van der Waals surface area contributed by atoms with E-state index in [0.29, 0.717) is 17.6 Å². The van der Waals surface area contributed by atoms with Crippen LogP contribution in [-0.4, -0.2) is 25.9 Å². The molecule has 0 saturated heterocycles. The Hall–Kier alpha value is -1.33. The Bertz CT molecular complexity index is 612. The molecule has 0 bridgehead atoms. The van der Waals surface area contributed by atoms with Crippen LogP contribution in [-0.2, 0) is 20.1 Å². The zero-order valence-electron chi connectivity index (χ0n) is 13.4. The topological polar surface area (TPSA) is 47.7 Å². The lowest BCUT2D eigenvalue weighted by atomic mass is 10.2. The molecule has 2 aromatic rings. The summed E-state index contributed by atoms with van der Waals surface area (Å²) in [6.07, 6.45) is 1.93. The Morgan fingerprint density at radius 1 is 1.33 bits per heavy atom. The van der Waals surface area contributed by atoms with E-state index in [4.69, 9.17) is 11.6 Å². The molecule has 2 heterocycles. The van der Waals surface area contributed by atoms with E-state index < -0.39 is 0 Å². The second-order valence-electron chi connectivity index (χ2n) is 5.89. The fourth-order valence-corrected chi connectivity index (χ4v) is 2.61. The largest absolute Gasteiger partial charge is 0.326 e. The lowest BCUT2D eigenvalue weighted by molar-refractivity contribution is 0.537. The molecule has 0 aliphatic rings. The van der Waals surface area contributed by atoms with Gasteiger partial charge in [0.25, 0.3) is 0 Å². The average Bonchev–Trinajstić information content (AvgIpc) is 2.86. The van der Waals surface area contributed by atoms with Gasteiger partial charge in [-0.15, -0.1) is 0 Å². The van der Waals surface area contributed by atoms with Gasteiger partial charge >= 0.3 is 0 Å². The second kappa shape index (κ2) is 6.62. The summed E-state index contributed by atoms with van der Waals surface area (Å²) in [7, 11) is 1.87. The van der Waals surface area contributed by atoms with Crippen molar-refractivity contribution in [2.75, 3.05) is 6.54 Å². The van der Waals surface area contributed by atoms with Gasteiger partial charge in [0.1, 0.15) is 11.0 Å². The van der Waals surface area contributed by atoms with Gasteiger partial charge in [-0.25, -0.2) is 4.98 Å². The summed E-state index contributed by atoms with van der Waals surface area (Å²) in [5.41, 5.74) is 3.20. The summed E-state index contributed by atoms with van der Waals surface area (Å²) in [5, 5.41) is 8.53. The lowest BCUT2D eigenvalue weighted by Gasteiger charge is -2.12. The number of halogens is 1. The highest BCUT2D eigenvalue weighted by molar-refractivity contribution is 6.30. The Morgan fingerprint density at radius 3 is 2.62 bits per heavy atom. The first kappa shape index (κ1) is 16.0. The minimum atomic E-state index is 0.637. The number of nitrogens with zero attached hydrogens (tertiary/aromatic N) is 4. The number of hydrogen-bond donors (Lipinski definition) is 1. The van der Waals surface area contributed by atoms with Crippen LogP contribution in [0.25, 0.3) is 0 Å². The monoisotopic (exact) mass is 309 g/mol. The minimum absolute atomic E-state index is 0.637. The van der Waals surface area contributed by atoms with Gasteiger partial charge in [-0.05, 0) is 26.3 Å². The summed E-state index contributed by atoms with van der Waals surface area (Å²) in [4.78, 5) is 4.43. The Labute approximate surface area is 131 Å². The fraction of sp³-hybridized carbons (Fsp3) is 0.600. The quantitative estimate of drug-likeness (QED) is 0.892. The van der Waals surface area contributed by atoms with Crippen molar-refractivity contribution in [3.63, 3.8) is 0 Å². The molecule has 0 aliphatic heterocycles. The van der Waals surface area contributed by atoms with E-state index in [1.807, 2.05) is 27.1 Å². The van der Waals surface area contributed by atoms with E-state index in [1.54, 1.807) is 4.68 Å². The molecule has 0 amide bonds. The van der Waals surface area contributed by atoms with Crippen molar-refractivity contribution in [1.29, 1.82) is 0 Å². The summed E-state index contributed by atoms with van der Waals surface area (Å²) < 4.78 is 3.92. The molecule has 2 aromatic heterocycles. The second-order valence-corrected chi connectivity index (χ2v) is 6.24. The molecule has 1 N–H and O–H groups in total. The van der Waals surface area contributed by atoms with Crippen LogP contribution in [0.5, 0.6) is 0 Å². The van der Waals surface area contributed by atoms with Gasteiger partial charge in [0, 0.05) is 25.4 Å². The van der Waals surface area contributed by atoms with Crippen LogP contribution in [0.1, 0.15) is 36.6 Å². The summed E-state index contributed by atoms with van der Waals surface area (Å²) in [6, 6.07) is 0. The van der Waals surface area contributed by atoms with Crippen LogP contribution < -0.4 is 5.32 Å². The normalized spacial score (nSPS) is 11.6. The lowest BCUT2D eigenvalue weighted by Crippen LogP contribution is -2.21. The maximum atomic E-state index is 6.33. The molecule has 5 nitrogen and oxygen atoms in total. The minimum Gasteiger partial charge on any atom is -0.326 e. The first-order valence-corrected chi connectivity index (χ1v) is 7.67. The molecule has 2 rings (SSSR count). The first-order chi connectivity index (χ1) is 9.90. The molecule has 21 heavy (non-hydrogen) atoms. The van der Waals surface area contributed by atoms with Gasteiger partial charge in [-0.3, -0.25) is 4.68 Å². The van der Waals surface area contributed by atoms with Crippen LogP contribution in [0.4, 0.5) is 0 Å². The van der Waals surface area contributed by atoms with Crippen LogP contribution in [0.3, 0.4) is 0 Å². The smallest absolute Gasteiger partial charge is 0.131 e. The number of imidazole rings is 1. The van der Waals surface area contributed by atoms with Crippen LogP contribution in [0, 0.1) is 19.8 Å². The molecule has 0 unspecified atom stereocenters. The molecule has 0 spiro atoms. The first-order valence-electron chi connectivity index (χ1n) is 7.29. The molecule has 0 aromatic carbocycles. The van der Waals surface area contributed by atoms with E-state index in [2.05, 4.69) is 33.8 Å². The maximum Gasteiger partial charge on any atom is 0.131 e. The standard InChI is InChI=1S/C15H24ClN5/c1-10(2)6-17-7-13-8-18-12(4)21(13)9-14-11(3)19-20(5)15(14)16/h8,10,17H,6-7,9H2,1-5H3. The highest BCUT2D eigenvalue weighted by Crippen LogP contribution is 2.21. The van der Waals surface area contributed by atoms with Crippen LogP contribution in [0.15, 0.2) is 6.20 Å². The number of hydrogen-bond acceptors (Lipinski definition) is 3. The van der Waals surface area contributed by atoms with Crippen molar-refractivity contribution < 1.29 is 0 Å². The van der Waals surface area contributed by atoms with Crippen molar-refractivity contribution in [2.24, 2.45) is 13.0 Å². The number of aryl methyl sites for hydroxylation is 3. The predicted octanol–water partition coefficient (Wildman–Crippen LogP) is 2.68. The molecule has 6 heteroatoms. The zero-order chi connectivity index (χ0) is 15.6. The Morgan fingerprint density at radius 2 is 2.05 bits per heavy atom. The van der Waals surface area contributed by atoms with Gasteiger partial charge in [0.15, 0.2) is 0 Å². The van der Waals surface area contributed by atoms with Crippen molar-refractivity contribution >= 4 is 11.6 Å². The third-order valence-corrected chi connectivity index (χ3v) is 4.06. The van der Waals surface area contributed by atoms with E-state index in [0.717, 1.165) is 30.2 Å². The number of nitrogens with one attached hydrogen (secondary N) is 1. The van der Waals surface area contributed by atoms with Crippen molar-refractivity contribution in [3.05, 3.63) is 34.1 Å². The van der Waals surface area contributed by atoms with E-state index in [-0.39, 0.29) is 0 Å². The maximum absolute atomic E-state index is 6.33. The summed E-state index contributed by atoms with van der Waals surface area (Å²) in [6.45, 7) is 10.9. The molecule has 0 saturated carbocycles. The van der Waals surface area contributed by atoms with Gasteiger partial charge in [-0.1, -0.05) is 25.4 Å². The van der Waals surface area contributed by atoms with Crippen molar-refractivity contribution in [3.8, 4) is 0 Å². The van der Waals surface area contributed by atoms with Gasteiger partial charge in [0.2, 0.25) is 0 Å². The molecule has 0 radical (unpaired) electrons. The van der Waals surface area contributed by atoms with Crippen molar-refractivity contribution in [1.82, 2.24) is 24.6 Å². The van der Waals surface area contributed by atoms with Crippen LogP contribution >= 0.6 is 11.6 Å². The van der Waals surface area contributed by atoms with Crippen molar-refractivity contribution in [2.45, 2.75) is 40.8 Å². The van der Waals surface area contributed by atoms with E-state index >= 15 is 0 Å². The average molecular weight is 310 g/mol. The Kier molecular flexibility index (Phi) is 5.06. The Balaban J connectivity index is 2.18. The van der Waals surface area contributed by atoms with E-state index in [9.17, 15) is 0 Å².